The first-order valence-corrected chi connectivity index (χ1v) is 9.01. The first kappa shape index (κ1) is 20.7. The van der Waals surface area contributed by atoms with Gasteiger partial charge in [-0.25, -0.2) is 14.8 Å². The van der Waals surface area contributed by atoms with Gasteiger partial charge in [0, 0.05) is 17.8 Å². The Kier molecular flexibility index (Phi) is 6.53. The second kappa shape index (κ2) is 9.46. The summed E-state index contributed by atoms with van der Waals surface area (Å²) in [5.74, 6) is -0.379. The van der Waals surface area contributed by atoms with E-state index in [0.717, 1.165) is 12.3 Å². The van der Waals surface area contributed by atoms with Crippen molar-refractivity contribution in [3.63, 3.8) is 0 Å². The maximum Gasteiger partial charge on any atom is 0.291 e. The Morgan fingerprint density at radius 1 is 1.27 bits per heavy atom. The van der Waals surface area contributed by atoms with Crippen molar-refractivity contribution in [2.24, 2.45) is 5.10 Å². The number of methoxy groups -OCH3 is 1. The maximum atomic E-state index is 14.4. The van der Waals surface area contributed by atoms with E-state index < -0.39 is 17.3 Å². The lowest BCUT2D eigenvalue weighted by molar-refractivity contribution is 0.0950. The van der Waals surface area contributed by atoms with E-state index in [2.05, 4.69) is 20.5 Å². The van der Waals surface area contributed by atoms with E-state index in [1.165, 1.54) is 18.3 Å². The zero-order valence-corrected chi connectivity index (χ0v) is 16.3. The molecule has 0 fully saturated rings. The van der Waals surface area contributed by atoms with Crippen LogP contribution in [-0.2, 0) is 0 Å². The molecule has 2 aromatic carbocycles. The molecule has 0 aliphatic carbocycles. The number of amides is 1. The second-order valence-corrected chi connectivity index (χ2v) is 6.01. The molecule has 0 spiro atoms. The van der Waals surface area contributed by atoms with Crippen LogP contribution >= 0.6 is 0 Å². The fraction of sp³-hybridized carbons (Fsp3) is 0.143. The predicted molar refractivity (Wildman–Crippen MR) is 109 cm³/mol. The van der Waals surface area contributed by atoms with E-state index in [1.54, 1.807) is 38.3 Å². The molecule has 1 heterocycles. The highest BCUT2D eigenvalue weighted by Gasteiger charge is 2.15. The van der Waals surface area contributed by atoms with Gasteiger partial charge in [-0.15, -0.1) is 0 Å². The highest BCUT2D eigenvalue weighted by molar-refractivity contribution is 5.93. The molecule has 0 saturated heterocycles. The molecule has 0 bridgehead atoms. The van der Waals surface area contributed by atoms with E-state index in [-0.39, 0.29) is 17.0 Å². The minimum Gasteiger partial charge on any atom is -0.497 e. The molecule has 3 aromatic rings. The van der Waals surface area contributed by atoms with Crippen LogP contribution in [0.5, 0.6) is 11.5 Å². The third-order valence-electron chi connectivity index (χ3n) is 4.00. The van der Waals surface area contributed by atoms with Gasteiger partial charge < -0.3 is 14.5 Å². The molecule has 3 rings (SSSR count). The van der Waals surface area contributed by atoms with Gasteiger partial charge in [0.25, 0.3) is 11.5 Å². The van der Waals surface area contributed by atoms with Crippen molar-refractivity contribution >= 4 is 12.1 Å². The molecule has 0 saturated carbocycles. The number of hydrogen-bond acceptors (Lipinski definition) is 6. The molecule has 0 atom stereocenters. The number of carbonyl (C=O) groups is 1. The summed E-state index contributed by atoms with van der Waals surface area (Å²) in [6, 6.07) is 11.1. The topological polar surface area (TPSA) is 106 Å². The lowest BCUT2D eigenvalue weighted by atomic mass is 10.1. The number of hydrogen-bond donors (Lipinski definition) is 2. The Balaban J connectivity index is 1.80. The normalized spacial score (nSPS) is 10.8. The Morgan fingerprint density at radius 2 is 2.10 bits per heavy atom. The lowest BCUT2D eigenvalue weighted by Crippen LogP contribution is -2.23. The van der Waals surface area contributed by atoms with Gasteiger partial charge in [-0.1, -0.05) is 12.1 Å². The van der Waals surface area contributed by atoms with Crippen LogP contribution in [0.4, 0.5) is 4.39 Å². The van der Waals surface area contributed by atoms with Crippen molar-refractivity contribution in [2.45, 2.75) is 6.92 Å². The van der Waals surface area contributed by atoms with Gasteiger partial charge in [-0.2, -0.15) is 5.10 Å². The second-order valence-electron chi connectivity index (χ2n) is 6.01. The number of nitrogens with one attached hydrogen (secondary N) is 2. The highest BCUT2D eigenvalue weighted by atomic mass is 19.1. The Hall–Kier alpha value is -4.01. The zero-order valence-electron chi connectivity index (χ0n) is 16.3. The largest absolute Gasteiger partial charge is 0.497 e. The van der Waals surface area contributed by atoms with Crippen LogP contribution in [0.3, 0.4) is 0 Å². The molecule has 2 N–H and O–H groups in total. The van der Waals surface area contributed by atoms with Crippen molar-refractivity contribution in [1.82, 2.24) is 15.4 Å². The first-order chi connectivity index (χ1) is 14.5. The van der Waals surface area contributed by atoms with Crippen molar-refractivity contribution in [1.29, 1.82) is 0 Å². The van der Waals surface area contributed by atoms with E-state index >= 15 is 0 Å². The lowest BCUT2D eigenvalue weighted by Gasteiger charge is -2.07. The standard InChI is InChI=1S/C21H19FN4O4/c1-3-30-15-7-8-16(17(22)10-15)19-21(28)23-12-18(25-19)20(27)26-24-11-13-5-4-6-14(9-13)29-2/h4-12H,3H2,1-2H3,(H,23,28)(H,26,27)/b24-11+. The van der Waals surface area contributed by atoms with Crippen molar-refractivity contribution in [3.05, 3.63) is 76.1 Å². The van der Waals surface area contributed by atoms with Crippen molar-refractivity contribution in [2.75, 3.05) is 13.7 Å². The van der Waals surface area contributed by atoms with Crippen LogP contribution in [-0.4, -0.2) is 35.8 Å². The van der Waals surface area contributed by atoms with Gasteiger partial charge in [0.1, 0.15) is 28.7 Å². The minimum absolute atomic E-state index is 0.0470. The third kappa shape index (κ3) is 4.88. The van der Waals surface area contributed by atoms with Gasteiger partial charge in [-0.05, 0) is 36.8 Å². The smallest absolute Gasteiger partial charge is 0.291 e. The zero-order chi connectivity index (χ0) is 21.5. The van der Waals surface area contributed by atoms with Crippen LogP contribution in [0.25, 0.3) is 11.3 Å². The average molecular weight is 410 g/mol. The predicted octanol–water partition coefficient (Wildman–Crippen LogP) is 2.75. The van der Waals surface area contributed by atoms with Crippen LogP contribution in [0.1, 0.15) is 23.0 Å². The molecule has 1 amide bonds. The van der Waals surface area contributed by atoms with Crippen molar-refractivity contribution in [3.8, 4) is 22.8 Å². The van der Waals surface area contributed by atoms with Gasteiger partial charge in [-0.3, -0.25) is 9.59 Å². The number of halogens is 1. The number of rotatable bonds is 7. The van der Waals surface area contributed by atoms with E-state index in [0.29, 0.717) is 23.7 Å². The molecule has 0 unspecified atom stereocenters. The van der Waals surface area contributed by atoms with Gasteiger partial charge in [0.15, 0.2) is 0 Å². The van der Waals surface area contributed by atoms with Gasteiger partial charge in [0.2, 0.25) is 0 Å². The quantitative estimate of drug-likeness (QED) is 0.460. The summed E-state index contributed by atoms with van der Waals surface area (Å²) in [7, 11) is 1.55. The van der Waals surface area contributed by atoms with Gasteiger partial charge >= 0.3 is 0 Å². The SMILES string of the molecule is CCOc1ccc(-c2nc(C(=O)N/N=C/c3cccc(OC)c3)c[nH]c2=O)c(F)c1. The Bertz CT molecular complexity index is 1140. The number of benzene rings is 2. The minimum atomic E-state index is -0.687. The van der Waals surface area contributed by atoms with Crippen molar-refractivity contribution < 1.29 is 18.7 Å². The fourth-order valence-corrected chi connectivity index (χ4v) is 2.59. The number of ether oxygens (including phenoxy) is 2. The van der Waals surface area contributed by atoms with E-state index in [9.17, 15) is 14.0 Å². The molecule has 30 heavy (non-hydrogen) atoms. The van der Waals surface area contributed by atoms with Crippen LogP contribution in [0.2, 0.25) is 0 Å². The van der Waals surface area contributed by atoms with Crippen LogP contribution in [0.15, 0.2) is 58.6 Å². The Labute approximate surface area is 171 Å². The summed E-state index contributed by atoms with van der Waals surface area (Å²) < 4.78 is 24.8. The molecule has 9 heteroatoms. The monoisotopic (exact) mass is 410 g/mol. The summed E-state index contributed by atoms with van der Waals surface area (Å²) in [5.41, 5.74) is 2.00. The number of aromatic amines is 1. The Morgan fingerprint density at radius 3 is 2.83 bits per heavy atom. The molecular formula is C21H19FN4O4. The summed E-state index contributed by atoms with van der Waals surface area (Å²) in [4.78, 5) is 30.9. The molecule has 1 aromatic heterocycles. The number of H-pyrrole nitrogens is 1. The summed E-state index contributed by atoms with van der Waals surface area (Å²) in [5, 5.41) is 3.87. The average Bonchev–Trinajstić information content (AvgIpc) is 2.75. The van der Waals surface area contributed by atoms with Crippen LogP contribution in [0, 0.1) is 5.82 Å². The summed E-state index contributed by atoms with van der Waals surface area (Å²) in [6.07, 6.45) is 2.56. The molecule has 0 aliphatic rings. The molecule has 0 aliphatic heterocycles. The van der Waals surface area contributed by atoms with Crippen LogP contribution < -0.4 is 20.5 Å². The summed E-state index contributed by atoms with van der Waals surface area (Å²) in [6.45, 7) is 2.15. The molecule has 0 radical (unpaired) electrons. The molecule has 154 valence electrons. The maximum absolute atomic E-state index is 14.4. The van der Waals surface area contributed by atoms with Gasteiger partial charge in [0.05, 0.1) is 19.9 Å². The summed E-state index contributed by atoms with van der Waals surface area (Å²) >= 11 is 0. The number of hydrazone groups is 1. The number of nitrogens with zero attached hydrogens (tertiary/aromatic N) is 2. The molecule has 8 nitrogen and oxygen atoms in total. The first-order valence-electron chi connectivity index (χ1n) is 9.01. The number of aromatic nitrogens is 2. The molecular weight excluding hydrogens is 391 g/mol. The third-order valence-corrected chi connectivity index (χ3v) is 4.00. The van der Waals surface area contributed by atoms with E-state index in [1.807, 2.05) is 0 Å². The number of carbonyl (C=O) groups excluding carboxylic acids is 1. The highest BCUT2D eigenvalue weighted by Crippen LogP contribution is 2.23. The fourth-order valence-electron chi connectivity index (χ4n) is 2.59. The van der Waals surface area contributed by atoms with E-state index in [4.69, 9.17) is 9.47 Å².